The first kappa shape index (κ1) is 11.8. The number of hydrogen-bond acceptors (Lipinski definition) is 2. The van der Waals surface area contributed by atoms with Gasteiger partial charge in [0.1, 0.15) is 5.75 Å². The van der Waals surface area contributed by atoms with Crippen LogP contribution in [0.15, 0.2) is 36.4 Å². The Morgan fingerprint density at radius 3 is 2.79 bits per heavy atom. The lowest BCUT2D eigenvalue weighted by Crippen LogP contribution is -2.26. The van der Waals surface area contributed by atoms with Crippen LogP contribution in [-0.2, 0) is 4.79 Å². The van der Waals surface area contributed by atoms with E-state index in [2.05, 4.69) is 30.4 Å². The Bertz CT molecular complexity index is 662. The summed E-state index contributed by atoms with van der Waals surface area (Å²) in [5.74, 6) is 0.644. The third kappa shape index (κ3) is 2.08. The smallest absolute Gasteiger partial charge is 0.262 e. The Labute approximate surface area is 112 Å². The molecule has 1 aliphatic heterocycles. The van der Waals surface area contributed by atoms with Crippen molar-refractivity contribution < 1.29 is 9.53 Å². The lowest BCUT2D eigenvalue weighted by atomic mass is 9.97. The maximum atomic E-state index is 11.4. The van der Waals surface area contributed by atoms with E-state index in [9.17, 15) is 4.79 Å². The highest BCUT2D eigenvalue weighted by Gasteiger charge is 2.19. The zero-order chi connectivity index (χ0) is 13.4. The fourth-order valence-corrected chi connectivity index (χ4v) is 2.41. The summed E-state index contributed by atoms with van der Waals surface area (Å²) in [5, 5.41) is 2.89. The fourth-order valence-electron chi connectivity index (χ4n) is 2.41. The van der Waals surface area contributed by atoms with Gasteiger partial charge < -0.3 is 10.1 Å². The molecule has 2 aromatic rings. The molecule has 0 fully saturated rings. The van der Waals surface area contributed by atoms with Crippen LogP contribution in [0.5, 0.6) is 5.75 Å². The van der Waals surface area contributed by atoms with Gasteiger partial charge in [-0.15, -0.1) is 0 Å². The average molecular weight is 253 g/mol. The number of benzene rings is 2. The van der Waals surface area contributed by atoms with E-state index in [1.807, 2.05) is 25.1 Å². The molecule has 3 rings (SSSR count). The van der Waals surface area contributed by atoms with Crippen molar-refractivity contribution in [3.8, 4) is 16.9 Å². The molecule has 0 aromatic heterocycles. The van der Waals surface area contributed by atoms with Crippen LogP contribution in [0.2, 0.25) is 0 Å². The molecule has 0 bridgehead atoms. The van der Waals surface area contributed by atoms with Crippen LogP contribution < -0.4 is 10.1 Å². The van der Waals surface area contributed by atoms with E-state index in [1.165, 1.54) is 5.56 Å². The van der Waals surface area contributed by atoms with Gasteiger partial charge in [-0.2, -0.15) is 0 Å². The summed E-state index contributed by atoms with van der Waals surface area (Å²) in [6, 6.07) is 12.3. The molecule has 0 radical (unpaired) electrons. The minimum Gasteiger partial charge on any atom is -0.482 e. The summed E-state index contributed by atoms with van der Waals surface area (Å²) in [4.78, 5) is 11.4. The lowest BCUT2D eigenvalue weighted by Gasteiger charge is -2.21. The molecule has 1 amide bonds. The molecule has 0 unspecified atom stereocenters. The van der Waals surface area contributed by atoms with E-state index in [4.69, 9.17) is 4.74 Å². The third-order valence-electron chi connectivity index (χ3n) is 3.38. The molecular weight excluding hydrogens is 238 g/mol. The molecule has 96 valence electrons. The van der Waals surface area contributed by atoms with Crippen molar-refractivity contribution in [2.75, 3.05) is 11.9 Å². The van der Waals surface area contributed by atoms with Gasteiger partial charge in [-0.3, -0.25) is 4.79 Å². The van der Waals surface area contributed by atoms with Crippen LogP contribution in [-0.4, -0.2) is 12.5 Å². The number of fused-ring (bicyclic) bond motifs is 1. The fraction of sp³-hybridized carbons (Fsp3) is 0.188. The summed E-state index contributed by atoms with van der Waals surface area (Å²) < 4.78 is 5.42. The number of ether oxygens (including phenoxy) is 1. The first-order valence-corrected chi connectivity index (χ1v) is 6.28. The van der Waals surface area contributed by atoms with Crippen LogP contribution in [0.1, 0.15) is 11.1 Å². The van der Waals surface area contributed by atoms with Gasteiger partial charge in [0.2, 0.25) is 0 Å². The van der Waals surface area contributed by atoms with Gasteiger partial charge in [0, 0.05) is 0 Å². The molecule has 2 aromatic carbocycles. The zero-order valence-corrected chi connectivity index (χ0v) is 11.0. The number of amides is 1. The summed E-state index contributed by atoms with van der Waals surface area (Å²) in [5.41, 5.74) is 5.31. The molecule has 0 spiro atoms. The van der Waals surface area contributed by atoms with E-state index in [-0.39, 0.29) is 12.5 Å². The number of anilines is 1. The zero-order valence-electron chi connectivity index (χ0n) is 11.0. The minimum absolute atomic E-state index is 0.0935. The highest BCUT2D eigenvalue weighted by Crippen LogP contribution is 2.37. The Morgan fingerprint density at radius 2 is 2.00 bits per heavy atom. The molecule has 0 atom stereocenters. The molecule has 3 heteroatoms. The van der Waals surface area contributed by atoms with Crippen molar-refractivity contribution >= 4 is 11.6 Å². The molecule has 1 heterocycles. The summed E-state index contributed by atoms with van der Waals surface area (Å²) >= 11 is 0. The maximum absolute atomic E-state index is 11.4. The second-order valence-electron chi connectivity index (χ2n) is 4.82. The Balaban J connectivity index is 2.14. The second-order valence-corrected chi connectivity index (χ2v) is 4.82. The first-order valence-electron chi connectivity index (χ1n) is 6.28. The molecule has 0 saturated carbocycles. The van der Waals surface area contributed by atoms with Crippen molar-refractivity contribution in [2.45, 2.75) is 13.8 Å². The van der Waals surface area contributed by atoms with E-state index in [0.717, 1.165) is 28.1 Å². The van der Waals surface area contributed by atoms with Crippen molar-refractivity contribution in [1.29, 1.82) is 0 Å². The predicted molar refractivity (Wildman–Crippen MR) is 75.5 cm³/mol. The summed E-state index contributed by atoms with van der Waals surface area (Å²) in [6.45, 7) is 4.17. The van der Waals surface area contributed by atoms with Gasteiger partial charge in [0.05, 0.1) is 5.69 Å². The van der Waals surface area contributed by atoms with Gasteiger partial charge in [-0.25, -0.2) is 0 Å². The first-order chi connectivity index (χ1) is 9.15. The molecule has 1 N–H and O–H groups in total. The maximum Gasteiger partial charge on any atom is 0.262 e. The van der Waals surface area contributed by atoms with Crippen molar-refractivity contribution in [3.05, 3.63) is 47.5 Å². The lowest BCUT2D eigenvalue weighted by molar-refractivity contribution is -0.118. The number of rotatable bonds is 1. The molecule has 1 aliphatic rings. The second kappa shape index (κ2) is 4.43. The van der Waals surface area contributed by atoms with E-state index < -0.39 is 0 Å². The van der Waals surface area contributed by atoms with Gasteiger partial charge in [-0.05, 0) is 36.6 Å². The van der Waals surface area contributed by atoms with Crippen LogP contribution in [0.25, 0.3) is 11.1 Å². The van der Waals surface area contributed by atoms with Gasteiger partial charge in [0.15, 0.2) is 6.61 Å². The van der Waals surface area contributed by atoms with Gasteiger partial charge >= 0.3 is 0 Å². The van der Waals surface area contributed by atoms with Crippen LogP contribution in [0, 0.1) is 13.8 Å². The predicted octanol–water partition coefficient (Wildman–Crippen LogP) is 3.30. The normalized spacial score (nSPS) is 13.5. The average Bonchev–Trinajstić information content (AvgIpc) is 2.40. The van der Waals surface area contributed by atoms with E-state index in [1.54, 1.807) is 0 Å². The number of carbonyl (C=O) groups is 1. The van der Waals surface area contributed by atoms with Crippen LogP contribution in [0.4, 0.5) is 5.69 Å². The largest absolute Gasteiger partial charge is 0.482 e. The van der Waals surface area contributed by atoms with E-state index >= 15 is 0 Å². The highest BCUT2D eigenvalue weighted by atomic mass is 16.5. The Hall–Kier alpha value is -2.29. The summed E-state index contributed by atoms with van der Waals surface area (Å²) in [7, 11) is 0. The van der Waals surface area contributed by atoms with Crippen molar-refractivity contribution in [1.82, 2.24) is 0 Å². The highest BCUT2D eigenvalue weighted by molar-refractivity contribution is 5.97. The van der Waals surface area contributed by atoms with Crippen molar-refractivity contribution in [2.24, 2.45) is 0 Å². The minimum atomic E-state index is -0.100. The molecule has 3 nitrogen and oxygen atoms in total. The number of carbonyl (C=O) groups excluding carboxylic acids is 1. The SMILES string of the molecule is Cc1cccc(-c2ccc3c(c2C)NC(=O)CO3)c1. The Kier molecular flexibility index (Phi) is 2.75. The molecule has 0 saturated heterocycles. The molecular formula is C16H15NO2. The van der Waals surface area contributed by atoms with E-state index in [0.29, 0.717) is 0 Å². The molecule has 0 aliphatic carbocycles. The topological polar surface area (TPSA) is 38.3 Å². The van der Waals surface area contributed by atoms with Gasteiger partial charge in [-0.1, -0.05) is 35.9 Å². The van der Waals surface area contributed by atoms with Gasteiger partial charge in [0.25, 0.3) is 5.91 Å². The summed E-state index contributed by atoms with van der Waals surface area (Å²) in [6.07, 6.45) is 0. The number of nitrogens with one attached hydrogen (secondary N) is 1. The van der Waals surface area contributed by atoms with Crippen molar-refractivity contribution in [3.63, 3.8) is 0 Å². The standard InChI is InChI=1S/C16H15NO2/c1-10-4-3-5-12(8-10)13-6-7-14-16(11(13)2)17-15(18)9-19-14/h3-8H,9H2,1-2H3,(H,17,18). The number of hydrogen-bond donors (Lipinski definition) is 1. The van der Waals surface area contributed by atoms with Crippen LogP contribution >= 0.6 is 0 Å². The van der Waals surface area contributed by atoms with Crippen LogP contribution in [0.3, 0.4) is 0 Å². The monoisotopic (exact) mass is 253 g/mol. The Morgan fingerprint density at radius 1 is 1.16 bits per heavy atom. The molecule has 19 heavy (non-hydrogen) atoms. The quantitative estimate of drug-likeness (QED) is 0.846. The number of aryl methyl sites for hydroxylation is 1. The third-order valence-corrected chi connectivity index (χ3v) is 3.38.